The highest BCUT2D eigenvalue weighted by Gasteiger charge is 2.35. The molecule has 6 aromatic heterocycles. The SMILES string of the molecule is Cc1nc(-c2ccc(-c3ccccc3)cc2)cc(-c2ccc(-c3ccccc3)cc2)n1.Cc1nc(-c2ccccc2)cc(-c2ccc(-c3ccccc3)cn2)n1.Cc1nc(-c2ccccc2)cc(-c2ccc3c(c2)C(C)(C)c2ccccc2-3)n1.Cc1nc(-c2ccccc2)cc(-c2ccccn2)n1. The molecule has 0 spiro atoms. The summed E-state index contributed by atoms with van der Waals surface area (Å²) in [7, 11) is 0. The molecule has 0 aliphatic heterocycles. The second kappa shape index (κ2) is 30.9. The lowest BCUT2D eigenvalue weighted by Gasteiger charge is -2.22. The lowest BCUT2D eigenvalue weighted by molar-refractivity contribution is 0.660. The van der Waals surface area contributed by atoms with Crippen LogP contribution in [0.5, 0.6) is 0 Å². The van der Waals surface area contributed by atoms with E-state index in [0.29, 0.717) is 0 Å². The maximum absolute atomic E-state index is 4.74. The van der Waals surface area contributed by atoms with Crippen molar-refractivity contribution < 1.29 is 0 Å². The lowest BCUT2D eigenvalue weighted by atomic mass is 9.82. The third-order valence-corrected chi connectivity index (χ3v) is 18.1. The summed E-state index contributed by atoms with van der Waals surface area (Å²) < 4.78 is 0. The zero-order valence-corrected chi connectivity index (χ0v) is 58.3. The first-order valence-electron chi connectivity index (χ1n) is 34.5. The number of pyridine rings is 2. The molecule has 0 radical (unpaired) electrons. The number of hydrogen-bond acceptors (Lipinski definition) is 10. The maximum atomic E-state index is 4.74. The van der Waals surface area contributed by atoms with Gasteiger partial charge in [-0.15, -0.1) is 0 Å². The van der Waals surface area contributed by atoms with Gasteiger partial charge < -0.3 is 0 Å². The predicted octanol–water partition coefficient (Wildman–Crippen LogP) is 22.6. The number of fused-ring (bicyclic) bond motifs is 3. The van der Waals surface area contributed by atoms with Crippen LogP contribution < -0.4 is 0 Å². The van der Waals surface area contributed by atoms with Crippen LogP contribution in [0.1, 0.15) is 48.3 Å². The van der Waals surface area contributed by atoms with Crippen LogP contribution in [0.3, 0.4) is 0 Å². The van der Waals surface area contributed by atoms with Crippen molar-refractivity contribution in [2.45, 2.75) is 47.0 Å². The first-order chi connectivity index (χ1) is 50.4. The molecular formula is C93H74N10. The van der Waals surface area contributed by atoms with Gasteiger partial charge >= 0.3 is 0 Å². The van der Waals surface area contributed by atoms with E-state index in [1.54, 1.807) is 6.20 Å². The van der Waals surface area contributed by atoms with Gasteiger partial charge in [-0.05, 0) is 126 Å². The first kappa shape index (κ1) is 67.0. The van der Waals surface area contributed by atoms with E-state index >= 15 is 0 Å². The first-order valence-corrected chi connectivity index (χ1v) is 34.5. The molecule has 0 saturated heterocycles. The molecule has 16 aromatic rings. The number of aryl methyl sites for hydroxylation is 4. The minimum atomic E-state index is -0.00767. The van der Waals surface area contributed by atoms with Gasteiger partial charge in [0.2, 0.25) is 0 Å². The Bertz CT molecular complexity index is 5350. The number of aromatic nitrogens is 10. The van der Waals surface area contributed by atoms with E-state index in [9.17, 15) is 0 Å². The Morgan fingerprint density at radius 3 is 0.864 bits per heavy atom. The molecular weight excluding hydrogens is 1260 g/mol. The molecule has 6 heterocycles. The van der Waals surface area contributed by atoms with Gasteiger partial charge in [0.1, 0.15) is 23.3 Å². The van der Waals surface area contributed by atoms with E-state index in [0.717, 1.165) is 125 Å². The Hall–Kier alpha value is -13.2. The highest BCUT2D eigenvalue weighted by molar-refractivity contribution is 5.84. The van der Waals surface area contributed by atoms with Crippen molar-refractivity contribution in [2.75, 3.05) is 0 Å². The van der Waals surface area contributed by atoms with Crippen molar-refractivity contribution in [3.63, 3.8) is 0 Å². The molecule has 17 rings (SSSR count). The van der Waals surface area contributed by atoms with Crippen molar-refractivity contribution in [1.29, 1.82) is 0 Å². The van der Waals surface area contributed by atoms with Crippen molar-refractivity contribution >= 4 is 0 Å². The molecule has 0 atom stereocenters. The van der Waals surface area contributed by atoms with Crippen molar-refractivity contribution in [2.24, 2.45) is 0 Å². The van der Waals surface area contributed by atoms with Gasteiger partial charge in [0, 0.05) is 56.8 Å². The van der Waals surface area contributed by atoms with E-state index in [2.05, 4.69) is 253 Å². The molecule has 0 N–H and O–H groups in total. The summed E-state index contributed by atoms with van der Waals surface area (Å²) in [5.74, 6) is 3.05. The average molecular weight is 1330 g/mol. The van der Waals surface area contributed by atoms with Crippen LogP contribution in [0.15, 0.2) is 340 Å². The molecule has 0 saturated carbocycles. The van der Waals surface area contributed by atoms with E-state index < -0.39 is 0 Å². The van der Waals surface area contributed by atoms with Crippen LogP contribution >= 0.6 is 0 Å². The smallest absolute Gasteiger partial charge is 0.126 e. The normalized spacial score (nSPS) is 11.5. The molecule has 10 nitrogen and oxygen atoms in total. The fourth-order valence-corrected chi connectivity index (χ4v) is 12.9. The monoisotopic (exact) mass is 1330 g/mol. The molecule has 1 aliphatic rings. The van der Waals surface area contributed by atoms with Gasteiger partial charge in [-0.1, -0.05) is 293 Å². The Morgan fingerprint density at radius 1 is 0.194 bits per heavy atom. The van der Waals surface area contributed by atoms with Gasteiger partial charge in [-0.25, -0.2) is 39.9 Å². The fourth-order valence-electron chi connectivity index (χ4n) is 12.9. The van der Waals surface area contributed by atoms with E-state index in [-0.39, 0.29) is 5.41 Å². The third kappa shape index (κ3) is 16.0. The zero-order valence-electron chi connectivity index (χ0n) is 58.3. The quantitative estimate of drug-likeness (QED) is 0.123. The summed E-state index contributed by atoms with van der Waals surface area (Å²) in [4.78, 5) is 45.8. The predicted molar refractivity (Wildman–Crippen MR) is 420 cm³/mol. The van der Waals surface area contributed by atoms with Crippen molar-refractivity contribution in [3.05, 3.63) is 374 Å². The lowest BCUT2D eigenvalue weighted by Crippen LogP contribution is -2.14. The molecule has 0 unspecified atom stereocenters. The summed E-state index contributed by atoms with van der Waals surface area (Å²) in [5.41, 5.74) is 28.2. The highest BCUT2D eigenvalue weighted by Crippen LogP contribution is 2.49. The van der Waals surface area contributed by atoms with E-state index in [1.165, 1.54) is 44.5 Å². The van der Waals surface area contributed by atoms with Gasteiger partial charge in [-0.3, -0.25) is 9.97 Å². The van der Waals surface area contributed by atoms with E-state index in [1.807, 2.05) is 167 Å². The molecule has 10 heteroatoms. The largest absolute Gasteiger partial charge is 0.255 e. The topological polar surface area (TPSA) is 129 Å². The fraction of sp³-hybridized carbons (Fsp3) is 0.0753. The van der Waals surface area contributed by atoms with Gasteiger partial charge in [0.05, 0.1) is 56.9 Å². The second-order valence-electron chi connectivity index (χ2n) is 25.7. The van der Waals surface area contributed by atoms with Crippen molar-refractivity contribution in [1.82, 2.24) is 49.8 Å². The molecule has 0 amide bonds. The molecule has 1 aliphatic carbocycles. The summed E-state index contributed by atoms with van der Waals surface area (Å²) in [5, 5.41) is 0. The Kier molecular flexibility index (Phi) is 20.1. The average Bonchev–Trinajstić information content (AvgIpc) is 1.58. The van der Waals surface area contributed by atoms with Gasteiger partial charge in [-0.2, -0.15) is 0 Å². The summed E-state index contributed by atoms with van der Waals surface area (Å²) in [6, 6.07) is 112. The zero-order chi connectivity index (χ0) is 70.5. The third-order valence-electron chi connectivity index (χ3n) is 18.1. The van der Waals surface area contributed by atoms with Crippen molar-refractivity contribution in [3.8, 4) is 135 Å². The van der Waals surface area contributed by atoms with Crippen LogP contribution in [-0.2, 0) is 5.41 Å². The number of rotatable bonds is 11. The second-order valence-corrected chi connectivity index (χ2v) is 25.7. The summed E-state index contributed by atoms with van der Waals surface area (Å²) >= 11 is 0. The highest BCUT2D eigenvalue weighted by atomic mass is 14.9. The van der Waals surface area contributed by atoms with Crippen LogP contribution in [0.25, 0.3) is 135 Å². The number of benzene rings is 10. The van der Waals surface area contributed by atoms with Crippen LogP contribution in [-0.4, -0.2) is 49.8 Å². The van der Waals surface area contributed by atoms with Crippen LogP contribution in [0.4, 0.5) is 0 Å². The molecule has 0 fully saturated rings. The Balaban J connectivity index is 0.000000118. The maximum Gasteiger partial charge on any atom is 0.126 e. The standard InChI is InChI=1S/C29H22N2.C26H22N2.C22H17N3.C16H13N3/c1-21-30-28(26-16-12-24(13-17-26)22-8-4-2-5-9-22)20-29(31-21)27-18-14-25(15-19-27)23-10-6-3-7-11-23;1-17-27-24(18-9-5-4-6-10-18)16-25(28-17)19-13-14-21-20-11-7-8-12-22(20)26(2,3)23(21)15-19;1-16-24-21(18-10-6-3-7-11-18)14-22(25-16)20-13-12-19(15-23-20)17-8-4-2-5-9-17;1-12-18-15(13-7-3-2-4-8-13)11-16(19-12)14-9-5-6-10-17-14/h2-20H,1H3;4-16H,1-3H3;2-15H,1H3;2-11H,1H3. The summed E-state index contributed by atoms with van der Waals surface area (Å²) in [6.07, 6.45) is 3.67. The van der Waals surface area contributed by atoms with Gasteiger partial charge in [0.25, 0.3) is 0 Å². The molecule has 0 bridgehead atoms. The van der Waals surface area contributed by atoms with Crippen LogP contribution in [0, 0.1) is 27.7 Å². The minimum absolute atomic E-state index is 0.00767. The van der Waals surface area contributed by atoms with Crippen LogP contribution in [0.2, 0.25) is 0 Å². The number of hydrogen-bond donors (Lipinski definition) is 0. The minimum Gasteiger partial charge on any atom is -0.255 e. The molecule has 496 valence electrons. The molecule has 10 aromatic carbocycles. The van der Waals surface area contributed by atoms with Gasteiger partial charge in [0.15, 0.2) is 0 Å². The Labute approximate surface area is 602 Å². The molecule has 103 heavy (non-hydrogen) atoms. The Morgan fingerprint density at radius 2 is 0.476 bits per heavy atom. The summed E-state index contributed by atoms with van der Waals surface area (Å²) in [6.45, 7) is 12.3. The number of nitrogens with zero attached hydrogens (tertiary/aromatic N) is 10. The van der Waals surface area contributed by atoms with E-state index in [4.69, 9.17) is 4.98 Å².